The van der Waals surface area contributed by atoms with Crippen LogP contribution in [0.5, 0.6) is 0 Å². The van der Waals surface area contributed by atoms with Crippen LogP contribution in [0, 0.1) is 6.92 Å². The molecule has 3 aromatic rings. The third-order valence-corrected chi connectivity index (χ3v) is 12.9. The van der Waals surface area contributed by atoms with Crippen molar-refractivity contribution in [3.63, 3.8) is 0 Å². The number of carbonyl (C=O) groups excluding carboxylic acids is 6. The van der Waals surface area contributed by atoms with E-state index >= 15 is 0 Å². The summed E-state index contributed by atoms with van der Waals surface area (Å²) in [6.45, 7) is 10.4. The first kappa shape index (κ1) is 43.7. The number of imide groups is 2. The van der Waals surface area contributed by atoms with Crippen LogP contribution in [0.3, 0.4) is 0 Å². The first-order valence-corrected chi connectivity index (χ1v) is 21.8. The number of nitrogens with one attached hydrogen (secondary N) is 2. The van der Waals surface area contributed by atoms with Gasteiger partial charge in [-0.2, -0.15) is 4.98 Å². The van der Waals surface area contributed by atoms with Gasteiger partial charge in [0.2, 0.25) is 17.8 Å². The van der Waals surface area contributed by atoms with Crippen molar-refractivity contribution in [1.29, 1.82) is 0 Å². The van der Waals surface area contributed by atoms with Gasteiger partial charge in [-0.05, 0) is 100 Å². The Morgan fingerprint density at radius 1 is 0.968 bits per heavy atom. The maximum Gasteiger partial charge on any atom is 0.262 e. The molecule has 1 aliphatic carbocycles. The molecular formula is C45H52ClN9O8. The summed E-state index contributed by atoms with van der Waals surface area (Å²) < 4.78 is 11.9. The topological polar surface area (TPSA) is 210 Å². The molecule has 1 aromatic heterocycles. The van der Waals surface area contributed by atoms with Crippen molar-refractivity contribution in [1.82, 2.24) is 25.1 Å². The Morgan fingerprint density at radius 3 is 2.37 bits per heavy atom. The van der Waals surface area contributed by atoms with Crippen LogP contribution in [0.2, 0.25) is 5.02 Å². The number of nitrogens with two attached hydrogens (primary N) is 1. The van der Waals surface area contributed by atoms with E-state index in [1.807, 2.05) is 31.2 Å². The molecular weight excluding hydrogens is 830 g/mol. The number of carbonyl (C=O) groups is 6. The Kier molecular flexibility index (Phi) is 12.5. The summed E-state index contributed by atoms with van der Waals surface area (Å²) in [5.74, 6) is -2.01. The van der Waals surface area contributed by atoms with Crippen molar-refractivity contribution in [3.8, 4) is 0 Å². The highest BCUT2D eigenvalue weighted by molar-refractivity contribution is 6.33. The van der Waals surface area contributed by atoms with E-state index in [0.29, 0.717) is 34.1 Å². The fourth-order valence-electron chi connectivity index (χ4n) is 9.34. The minimum absolute atomic E-state index is 0.0269. The molecule has 8 rings (SSSR count). The Balaban J connectivity index is 0.813. The minimum Gasteiger partial charge on any atom is -0.480 e. The van der Waals surface area contributed by atoms with Crippen LogP contribution in [0.15, 0.2) is 48.4 Å². The lowest BCUT2D eigenvalue weighted by atomic mass is 9.86. The van der Waals surface area contributed by atoms with E-state index in [9.17, 15) is 28.8 Å². The van der Waals surface area contributed by atoms with E-state index in [1.165, 1.54) is 6.92 Å². The van der Waals surface area contributed by atoms with Crippen molar-refractivity contribution in [2.45, 2.75) is 103 Å². The number of allylic oxidation sites excluding steroid dienone is 1. The van der Waals surface area contributed by atoms with Gasteiger partial charge in [-0.15, -0.1) is 0 Å². The largest absolute Gasteiger partial charge is 0.480 e. The summed E-state index contributed by atoms with van der Waals surface area (Å²) in [6, 6.07) is 10.7. The molecule has 3 atom stereocenters. The average molecular weight is 882 g/mol. The molecule has 5 heterocycles. The van der Waals surface area contributed by atoms with Gasteiger partial charge in [0.15, 0.2) is 24.0 Å². The van der Waals surface area contributed by atoms with Crippen molar-refractivity contribution >= 4 is 76.1 Å². The second kappa shape index (κ2) is 18.1. The summed E-state index contributed by atoms with van der Waals surface area (Å²) in [4.78, 5) is 91.6. The van der Waals surface area contributed by atoms with Crippen molar-refractivity contribution in [2.75, 3.05) is 47.9 Å². The number of nitrogens with zero attached hydrogens (tertiary/aromatic N) is 6. The Labute approximate surface area is 370 Å². The number of benzene rings is 2. The monoisotopic (exact) mass is 881 g/mol. The quantitative estimate of drug-likeness (QED) is 0.125. The molecule has 18 heteroatoms. The predicted molar refractivity (Wildman–Crippen MR) is 235 cm³/mol. The number of hydrogen-bond donors (Lipinski definition) is 3. The lowest BCUT2D eigenvalue weighted by molar-refractivity contribution is -0.136. The fourth-order valence-corrected chi connectivity index (χ4v) is 9.48. The first-order chi connectivity index (χ1) is 30.1. The van der Waals surface area contributed by atoms with Crippen molar-refractivity contribution < 1.29 is 38.2 Å². The molecule has 0 spiro atoms. The number of rotatable bonds is 13. The van der Waals surface area contributed by atoms with Crippen molar-refractivity contribution in [3.05, 3.63) is 75.6 Å². The number of primary amides is 1. The molecule has 5 aliphatic rings. The molecule has 3 saturated heterocycles. The number of fused-ring (bicyclic) bond motifs is 1. The normalized spacial score (nSPS) is 24.6. The van der Waals surface area contributed by atoms with Gasteiger partial charge in [0.05, 0.1) is 29.5 Å². The number of ether oxygens (including phenoxy) is 2. The van der Waals surface area contributed by atoms with Gasteiger partial charge >= 0.3 is 0 Å². The van der Waals surface area contributed by atoms with E-state index < -0.39 is 42.2 Å². The van der Waals surface area contributed by atoms with Gasteiger partial charge in [0.25, 0.3) is 17.7 Å². The second-order valence-electron chi connectivity index (χ2n) is 17.2. The van der Waals surface area contributed by atoms with Crippen LogP contribution in [0.1, 0.15) is 91.1 Å². The summed E-state index contributed by atoms with van der Waals surface area (Å²) in [5, 5.41) is 5.88. The minimum atomic E-state index is -0.995. The molecule has 332 valence electrons. The van der Waals surface area contributed by atoms with E-state index in [2.05, 4.69) is 44.2 Å². The van der Waals surface area contributed by atoms with Crippen LogP contribution in [-0.2, 0) is 28.7 Å². The van der Waals surface area contributed by atoms with Crippen LogP contribution >= 0.6 is 11.6 Å². The summed E-state index contributed by atoms with van der Waals surface area (Å²) in [5.41, 5.74) is 8.91. The first-order valence-electron chi connectivity index (χ1n) is 21.5. The number of hydrogen-bond acceptors (Lipinski definition) is 14. The van der Waals surface area contributed by atoms with Crippen LogP contribution in [0.4, 0.5) is 23.1 Å². The van der Waals surface area contributed by atoms with Gasteiger partial charge in [-0.3, -0.25) is 43.9 Å². The van der Waals surface area contributed by atoms with Crippen molar-refractivity contribution in [2.24, 2.45) is 5.73 Å². The molecule has 17 nitrogen and oxygen atoms in total. The van der Waals surface area contributed by atoms with Gasteiger partial charge in [0.1, 0.15) is 11.1 Å². The SMILES string of the molecule is CC(=O)/C(=C\c1cc(Nc2nc(N3CCC(O[C@H]4C[C@H](N5C[C@@H](C)N(c6ccc7c(c6)C(=O)N(C6CCC(=O)NC6=O)C7=O)[C@@H](C)C5)C4)CC3)ncc2Cl)ccc1C)OCC(N)=O. The Hall–Kier alpha value is -5.91. The number of aromatic nitrogens is 2. The maximum absolute atomic E-state index is 13.5. The van der Waals surface area contributed by atoms with Gasteiger partial charge in [-0.25, -0.2) is 4.98 Å². The smallest absolute Gasteiger partial charge is 0.262 e. The molecule has 0 bridgehead atoms. The summed E-state index contributed by atoms with van der Waals surface area (Å²) in [6.07, 6.45) is 7.30. The number of ketones is 1. The van der Waals surface area contributed by atoms with Gasteiger partial charge in [-0.1, -0.05) is 17.7 Å². The molecule has 4 fully saturated rings. The highest BCUT2D eigenvalue weighted by atomic mass is 35.5. The molecule has 1 unspecified atom stereocenters. The Morgan fingerprint density at radius 2 is 1.68 bits per heavy atom. The molecule has 2 aromatic carbocycles. The lowest BCUT2D eigenvalue weighted by Gasteiger charge is -2.52. The lowest BCUT2D eigenvalue weighted by Crippen LogP contribution is -2.62. The number of piperidine rings is 2. The predicted octanol–water partition coefficient (Wildman–Crippen LogP) is 4.13. The molecule has 4 aliphatic heterocycles. The molecule has 63 heavy (non-hydrogen) atoms. The van der Waals surface area contributed by atoms with E-state index in [0.717, 1.165) is 68.0 Å². The molecule has 1 saturated carbocycles. The number of anilines is 4. The number of piperazine rings is 1. The molecule has 4 N–H and O–H groups in total. The number of aryl methyl sites for hydroxylation is 1. The average Bonchev–Trinajstić information content (AvgIpc) is 3.47. The second-order valence-corrected chi connectivity index (χ2v) is 17.6. The Bertz CT molecular complexity index is 2370. The third-order valence-electron chi connectivity index (χ3n) is 12.6. The number of halogens is 1. The highest BCUT2D eigenvalue weighted by Gasteiger charge is 2.46. The fraction of sp³-hybridized carbons (Fsp3) is 0.467. The summed E-state index contributed by atoms with van der Waals surface area (Å²) in [7, 11) is 0. The van der Waals surface area contributed by atoms with E-state index in [4.69, 9.17) is 31.8 Å². The number of amides is 5. The molecule has 5 amide bonds. The van der Waals surface area contributed by atoms with Gasteiger partial charge in [0, 0.05) is 69.0 Å². The maximum atomic E-state index is 13.5. The zero-order valence-electron chi connectivity index (χ0n) is 35.8. The summed E-state index contributed by atoms with van der Waals surface area (Å²) >= 11 is 6.54. The third kappa shape index (κ3) is 9.26. The van der Waals surface area contributed by atoms with Gasteiger partial charge < -0.3 is 30.3 Å². The highest BCUT2D eigenvalue weighted by Crippen LogP contribution is 2.37. The van der Waals surface area contributed by atoms with Crippen LogP contribution < -0.4 is 26.2 Å². The van der Waals surface area contributed by atoms with E-state index in [-0.39, 0.29) is 59.8 Å². The zero-order valence-corrected chi connectivity index (χ0v) is 36.5. The van der Waals surface area contributed by atoms with E-state index in [1.54, 1.807) is 24.4 Å². The number of Topliss-reactive ketones (excluding diaryl/α,β-unsaturated/α-hetero) is 1. The zero-order chi connectivity index (χ0) is 44.7. The van der Waals surface area contributed by atoms with Crippen LogP contribution in [0.25, 0.3) is 6.08 Å². The molecule has 0 radical (unpaired) electrons. The van der Waals surface area contributed by atoms with Crippen LogP contribution in [-0.4, -0.2) is 124 Å². The standard InChI is InChI=1S/C45H52ClN9O8/c1-24-5-6-29(15-28(24)16-38(27(4)56)62-23-39(47)57)49-41-36(46)20-48-45(51-41)52-13-11-32(12-14-52)63-33-17-31(18-33)53-21-25(2)54(26(3)22-53)30-7-8-34-35(19-30)44(61)55(43(34)60)37-9-10-40(58)50-42(37)59/h5-8,15-16,19-20,25-26,31-33,37H,9-14,17-18,21-23H2,1-4H3,(H2,47,57)(H,48,49,51)(H,50,58,59)/b38-16+/t25-,26+,31-,33-,37?.